The van der Waals surface area contributed by atoms with Crippen molar-refractivity contribution in [1.29, 1.82) is 0 Å². The fourth-order valence-corrected chi connectivity index (χ4v) is 2.90. The molecule has 0 aliphatic carbocycles. The quantitative estimate of drug-likeness (QED) is 0.826. The number of amides is 2. The lowest BCUT2D eigenvalue weighted by Crippen LogP contribution is -2.42. The number of carbonyl (C=O) groups excluding carboxylic acids is 2. The van der Waals surface area contributed by atoms with E-state index in [-0.39, 0.29) is 18.4 Å². The topological polar surface area (TPSA) is 40.6 Å². The first-order valence-corrected chi connectivity index (χ1v) is 8.56. The van der Waals surface area contributed by atoms with Crippen LogP contribution in [0.5, 0.6) is 0 Å². The molecule has 0 aliphatic rings. The highest BCUT2D eigenvalue weighted by molar-refractivity contribution is 6.03. The summed E-state index contributed by atoms with van der Waals surface area (Å²) in [5.74, 6) is -0.230. The number of rotatable bonds is 5. The molecule has 0 aromatic heterocycles. The number of hydrogen-bond donors (Lipinski definition) is 0. The Morgan fingerprint density at radius 3 is 2.20 bits per heavy atom. The number of aryl methyl sites for hydroxylation is 3. The Hall–Kier alpha value is -2.62. The lowest BCUT2D eigenvalue weighted by atomic mass is 10.1. The van der Waals surface area contributed by atoms with Crippen LogP contribution in [0.2, 0.25) is 0 Å². The van der Waals surface area contributed by atoms with Gasteiger partial charge in [0.05, 0.1) is 0 Å². The van der Waals surface area contributed by atoms with Crippen molar-refractivity contribution in [2.45, 2.75) is 34.6 Å². The number of likely N-dealkylation sites (N-methyl/N-ethyl adjacent to an activating group) is 1. The van der Waals surface area contributed by atoms with Crippen molar-refractivity contribution in [3.05, 3.63) is 59.2 Å². The van der Waals surface area contributed by atoms with E-state index in [9.17, 15) is 9.59 Å². The molecule has 0 atom stereocenters. The second kappa shape index (κ2) is 7.97. The van der Waals surface area contributed by atoms with Crippen LogP contribution >= 0.6 is 0 Å². The zero-order chi connectivity index (χ0) is 18.6. The predicted molar refractivity (Wildman–Crippen MR) is 103 cm³/mol. The molecule has 2 rings (SSSR count). The van der Waals surface area contributed by atoms with E-state index >= 15 is 0 Å². The van der Waals surface area contributed by atoms with Crippen LogP contribution in [-0.2, 0) is 9.59 Å². The van der Waals surface area contributed by atoms with Crippen LogP contribution in [0.3, 0.4) is 0 Å². The molecule has 0 radical (unpaired) electrons. The molecule has 0 fully saturated rings. The SMILES string of the molecule is CCN(C(=O)CN(C(C)=O)c1cc(C)ccc1C)c1cccc(C)c1. The fraction of sp³-hybridized carbons (Fsp3) is 0.333. The summed E-state index contributed by atoms with van der Waals surface area (Å²) in [6.45, 7) is 9.96. The van der Waals surface area contributed by atoms with Crippen LogP contribution in [0.25, 0.3) is 0 Å². The van der Waals surface area contributed by atoms with Gasteiger partial charge in [-0.05, 0) is 62.6 Å². The standard InChI is InChI=1S/C21H26N2O2/c1-6-22(19-9-7-8-15(2)12-19)21(25)14-23(18(5)24)20-13-16(3)10-11-17(20)4/h7-13H,6,14H2,1-5H3. The highest BCUT2D eigenvalue weighted by atomic mass is 16.2. The molecule has 0 saturated heterocycles. The zero-order valence-corrected chi connectivity index (χ0v) is 15.7. The van der Waals surface area contributed by atoms with Gasteiger partial charge in [0, 0.05) is 24.8 Å². The van der Waals surface area contributed by atoms with Gasteiger partial charge < -0.3 is 9.80 Å². The van der Waals surface area contributed by atoms with Crippen LogP contribution in [0.15, 0.2) is 42.5 Å². The van der Waals surface area contributed by atoms with E-state index in [2.05, 4.69) is 0 Å². The maximum Gasteiger partial charge on any atom is 0.247 e. The largest absolute Gasteiger partial charge is 0.311 e. The summed E-state index contributed by atoms with van der Waals surface area (Å²) in [6.07, 6.45) is 0. The Bertz CT molecular complexity index is 783. The van der Waals surface area contributed by atoms with E-state index in [1.165, 1.54) is 6.92 Å². The van der Waals surface area contributed by atoms with Gasteiger partial charge in [-0.3, -0.25) is 9.59 Å². The van der Waals surface area contributed by atoms with E-state index in [1.54, 1.807) is 9.80 Å². The summed E-state index contributed by atoms with van der Waals surface area (Å²) in [5, 5.41) is 0. The summed E-state index contributed by atoms with van der Waals surface area (Å²) >= 11 is 0. The highest BCUT2D eigenvalue weighted by Gasteiger charge is 2.22. The molecule has 0 bridgehead atoms. The lowest BCUT2D eigenvalue weighted by molar-refractivity contribution is -0.121. The zero-order valence-electron chi connectivity index (χ0n) is 15.7. The lowest BCUT2D eigenvalue weighted by Gasteiger charge is -2.27. The molecule has 0 saturated carbocycles. The van der Waals surface area contributed by atoms with E-state index in [0.717, 1.165) is 28.1 Å². The Kier molecular flexibility index (Phi) is 5.97. The molecule has 0 N–H and O–H groups in total. The second-order valence-corrected chi connectivity index (χ2v) is 6.37. The van der Waals surface area contributed by atoms with Gasteiger partial charge >= 0.3 is 0 Å². The normalized spacial score (nSPS) is 10.4. The number of anilines is 2. The maximum atomic E-state index is 12.9. The predicted octanol–water partition coefficient (Wildman–Crippen LogP) is 4.02. The number of benzene rings is 2. The summed E-state index contributed by atoms with van der Waals surface area (Å²) in [4.78, 5) is 28.4. The van der Waals surface area contributed by atoms with E-state index in [0.29, 0.717) is 6.54 Å². The van der Waals surface area contributed by atoms with Crippen molar-refractivity contribution in [3.63, 3.8) is 0 Å². The molecule has 2 aromatic carbocycles. The van der Waals surface area contributed by atoms with Crippen LogP contribution in [-0.4, -0.2) is 24.9 Å². The molecule has 4 nitrogen and oxygen atoms in total. The van der Waals surface area contributed by atoms with E-state index < -0.39 is 0 Å². The molecule has 0 aliphatic heterocycles. The molecule has 0 heterocycles. The molecule has 0 unspecified atom stereocenters. The van der Waals surface area contributed by atoms with Crippen LogP contribution in [0, 0.1) is 20.8 Å². The Morgan fingerprint density at radius 1 is 0.920 bits per heavy atom. The Labute approximate surface area is 150 Å². The van der Waals surface area contributed by atoms with Crippen LogP contribution < -0.4 is 9.80 Å². The number of nitrogens with zero attached hydrogens (tertiary/aromatic N) is 2. The molecule has 2 amide bonds. The molecular weight excluding hydrogens is 312 g/mol. The molecule has 2 aromatic rings. The van der Waals surface area contributed by atoms with Gasteiger partial charge in [0.25, 0.3) is 0 Å². The minimum atomic E-state index is -0.137. The average molecular weight is 338 g/mol. The summed E-state index contributed by atoms with van der Waals surface area (Å²) < 4.78 is 0. The third-order valence-corrected chi connectivity index (χ3v) is 4.26. The third kappa shape index (κ3) is 4.47. The van der Waals surface area contributed by atoms with Crippen LogP contribution in [0.4, 0.5) is 11.4 Å². The molecule has 0 spiro atoms. The van der Waals surface area contributed by atoms with Gasteiger partial charge in [-0.15, -0.1) is 0 Å². The summed E-state index contributed by atoms with van der Waals surface area (Å²) in [5.41, 5.74) is 4.79. The van der Waals surface area contributed by atoms with Gasteiger partial charge in [0.2, 0.25) is 11.8 Å². The van der Waals surface area contributed by atoms with Crippen molar-refractivity contribution in [2.24, 2.45) is 0 Å². The van der Waals surface area contributed by atoms with Gasteiger partial charge in [0.1, 0.15) is 6.54 Å². The Morgan fingerprint density at radius 2 is 1.60 bits per heavy atom. The number of carbonyl (C=O) groups is 2. The molecule has 25 heavy (non-hydrogen) atoms. The summed E-state index contributed by atoms with van der Waals surface area (Å²) in [7, 11) is 0. The maximum absolute atomic E-state index is 12.9. The molecular formula is C21H26N2O2. The monoisotopic (exact) mass is 338 g/mol. The first kappa shape index (κ1) is 18.7. The fourth-order valence-electron chi connectivity index (χ4n) is 2.90. The third-order valence-electron chi connectivity index (χ3n) is 4.26. The van der Waals surface area contributed by atoms with Crippen molar-refractivity contribution in [3.8, 4) is 0 Å². The van der Waals surface area contributed by atoms with Crippen molar-refractivity contribution in [1.82, 2.24) is 0 Å². The van der Waals surface area contributed by atoms with Gasteiger partial charge in [-0.25, -0.2) is 0 Å². The average Bonchev–Trinajstić information content (AvgIpc) is 2.55. The number of hydrogen-bond acceptors (Lipinski definition) is 2. The van der Waals surface area contributed by atoms with Gasteiger partial charge in [0.15, 0.2) is 0 Å². The smallest absolute Gasteiger partial charge is 0.247 e. The summed E-state index contributed by atoms with van der Waals surface area (Å²) in [6, 6.07) is 13.8. The van der Waals surface area contributed by atoms with Crippen molar-refractivity contribution < 1.29 is 9.59 Å². The Balaban J connectivity index is 2.30. The van der Waals surface area contributed by atoms with E-state index in [1.807, 2.05) is 70.2 Å². The highest BCUT2D eigenvalue weighted by Crippen LogP contribution is 2.23. The molecule has 4 heteroatoms. The second-order valence-electron chi connectivity index (χ2n) is 6.37. The molecule has 132 valence electrons. The van der Waals surface area contributed by atoms with Crippen molar-refractivity contribution in [2.75, 3.05) is 22.9 Å². The first-order valence-electron chi connectivity index (χ1n) is 8.56. The van der Waals surface area contributed by atoms with Crippen molar-refractivity contribution >= 4 is 23.2 Å². The minimum absolute atomic E-state index is 0.0292. The van der Waals surface area contributed by atoms with Gasteiger partial charge in [-0.2, -0.15) is 0 Å². The first-order chi connectivity index (χ1) is 11.8. The van der Waals surface area contributed by atoms with Crippen LogP contribution in [0.1, 0.15) is 30.5 Å². The van der Waals surface area contributed by atoms with E-state index in [4.69, 9.17) is 0 Å². The van der Waals surface area contributed by atoms with Gasteiger partial charge in [-0.1, -0.05) is 24.3 Å². The minimum Gasteiger partial charge on any atom is -0.311 e.